The predicted octanol–water partition coefficient (Wildman–Crippen LogP) is 4.21. The zero-order chi connectivity index (χ0) is 28.6. The van der Waals surface area contributed by atoms with Gasteiger partial charge < -0.3 is 21.1 Å². The normalized spacial score (nSPS) is 28.4. The monoisotopic (exact) mass is 569 g/mol. The number of hydrogen-bond donors (Lipinski definition) is 3. The van der Waals surface area contributed by atoms with Gasteiger partial charge in [-0.3, -0.25) is 9.59 Å². The molecule has 4 N–H and O–H groups in total. The fourth-order valence-electron chi connectivity index (χ4n) is 8.16. The Kier molecular flexibility index (Phi) is 7.70. The first-order valence-corrected chi connectivity index (χ1v) is 15.9. The van der Waals surface area contributed by atoms with Crippen molar-refractivity contribution in [1.29, 1.82) is 0 Å². The molecule has 6 nitrogen and oxygen atoms in total. The second kappa shape index (κ2) is 11.3. The van der Waals surface area contributed by atoms with Gasteiger partial charge in [-0.2, -0.15) is 11.8 Å². The Morgan fingerprint density at radius 2 is 1.80 bits per heavy atom. The van der Waals surface area contributed by atoms with Crippen molar-refractivity contribution in [3.8, 4) is 5.75 Å². The lowest BCUT2D eigenvalue weighted by molar-refractivity contribution is -0.128. The van der Waals surface area contributed by atoms with Gasteiger partial charge in [-0.25, -0.2) is 0 Å². The van der Waals surface area contributed by atoms with Crippen LogP contribution in [0.3, 0.4) is 0 Å². The van der Waals surface area contributed by atoms with Crippen molar-refractivity contribution in [2.75, 3.05) is 25.7 Å². The van der Waals surface area contributed by atoms with Crippen LogP contribution in [0.15, 0.2) is 78.9 Å². The summed E-state index contributed by atoms with van der Waals surface area (Å²) in [5.74, 6) is 1.43. The van der Waals surface area contributed by atoms with Gasteiger partial charge >= 0.3 is 0 Å². The van der Waals surface area contributed by atoms with Crippen LogP contribution in [0.1, 0.15) is 47.4 Å². The lowest BCUT2D eigenvalue weighted by atomic mass is 9.43. The number of thioether (sulfide) groups is 1. The second-order valence-electron chi connectivity index (χ2n) is 11.7. The third kappa shape index (κ3) is 4.49. The maximum absolute atomic E-state index is 14.3. The average Bonchev–Trinajstić information content (AvgIpc) is 3.42. The average molecular weight is 570 g/mol. The summed E-state index contributed by atoms with van der Waals surface area (Å²) in [4.78, 5) is 28.1. The molecule has 1 aliphatic heterocycles. The number of rotatable bonds is 10. The molecule has 1 saturated heterocycles. The first kappa shape index (κ1) is 28.0. The minimum atomic E-state index is -0.641. The summed E-state index contributed by atoms with van der Waals surface area (Å²) < 4.78 is 5.59. The number of fused-ring (bicyclic) bond motifs is 1. The lowest BCUT2D eigenvalue weighted by Gasteiger charge is -2.62. The maximum atomic E-state index is 14.3. The number of amides is 1. The fourth-order valence-corrected chi connectivity index (χ4v) is 8.65. The van der Waals surface area contributed by atoms with Crippen LogP contribution in [-0.4, -0.2) is 55.0 Å². The van der Waals surface area contributed by atoms with Gasteiger partial charge in [-0.15, -0.1) is 0 Å². The Labute approximate surface area is 246 Å². The van der Waals surface area contributed by atoms with Crippen LogP contribution in [0, 0.1) is 5.92 Å². The van der Waals surface area contributed by atoms with Crippen molar-refractivity contribution in [2.45, 2.75) is 54.6 Å². The van der Waals surface area contributed by atoms with E-state index in [1.54, 1.807) is 18.9 Å². The highest BCUT2D eigenvalue weighted by molar-refractivity contribution is 7.98. The van der Waals surface area contributed by atoms with E-state index in [0.29, 0.717) is 18.7 Å². The van der Waals surface area contributed by atoms with Gasteiger partial charge in [0.1, 0.15) is 5.75 Å². The summed E-state index contributed by atoms with van der Waals surface area (Å²) in [5, 5.41) is 7.19. The number of Topliss-reactive ketones (excluding diaryl/α,β-unsaturated/α-hetero) is 1. The molecule has 214 valence electrons. The van der Waals surface area contributed by atoms with Crippen LogP contribution < -0.4 is 21.1 Å². The molecule has 0 spiro atoms. The maximum Gasteiger partial charge on any atom is 0.237 e. The fraction of sp³-hybridized carbons (Fsp3) is 0.412. The van der Waals surface area contributed by atoms with Crippen molar-refractivity contribution in [1.82, 2.24) is 10.6 Å². The Hall–Kier alpha value is -3.13. The van der Waals surface area contributed by atoms with Crippen LogP contribution in [-0.2, 0) is 21.4 Å². The van der Waals surface area contributed by atoms with Crippen molar-refractivity contribution >= 4 is 23.5 Å². The van der Waals surface area contributed by atoms with Gasteiger partial charge in [0, 0.05) is 35.8 Å². The topological polar surface area (TPSA) is 93.5 Å². The number of methoxy groups -OCH3 is 1. The largest absolute Gasteiger partial charge is 0.496 e. The molecule has 41 heavy (non-hydrogen) atoms. The summed E-state index contributed by atoms with van der Waals surface area (Å²) in [6.07, 6.45) is 4.74. The molecule has 1 amide bonds. The lowest BCUT2D eigenvalue weighted by Crippen LogP contribution is -2.71. The van der Waals surface area contributed by atoms with E-state index in [2.05, 4.69) is 59.2 Å². The van der Waals surface area contributed by atoms with Crippen molar-refractivity contribution in [2.24, 2.45) is 11.7 Å². The van der Waals surface area contributed by atoms with E-state index < -0.39 is 23.0 Å². The van der Waals surface area contributed by atoms with E-state index >= 15 is 0 Å². The molecule has 2 fully saturated rings. The molecule has 3 aromatic carbocycles. The van der Waals surface area contributed by atoms with E-state index in [1.165, 1.54) is 16.7 Å². The highest BCUT2D eigenvalue weighted by Crippen LogP contribution is 2.65. The molecule has 4 aliphatic rings. The number of hydrogen-bond acceptors (Lipinski definition) is 6. The van der Waals surface area contributed by atoms with Gasteiger partial charge in [0.25, 0.3) is 0 Å². The van der Waals surface area contributed by atoms with E-state index in [0.717, 1.165) is 24.2 Å². The van der Waals surface area contributed by atoms with Crippen molar-refractivity contribution in [3.63, 3.8) is 0 Å². The summed E-state index contributed by atoms with van der Waals surface area (Å²) in [7, 11) is 1.64. The number of benzene rings is 3. The van der Waals surface area contributed by atoms with E-state index in [4.69, 9.17) is 10.5 Å². The van der Waals surface area contributed by atoms with Gasteiger partial charge in [0.05, 0.1) is 24.7 Å². The number of ether oxygens (including phenoxy) is 1. The predicted molar refractivity (Wildman–Crippen MR) is 164 cm³/mol. The smallest absolute Gasteiger partial charge is 0.237 e. The molecule has 0 radical (unpaired) electrons. The molecule has 6 atom stereocenters. The minimum Gasteiger partial charge on any atom is -0.496 e. The van der Waals surface area contributed by atoms with Gasteiger partial charge in [-0.1, -0.05) is 72.8 Å². The molecule has 0 aromatic heterocycles. The SMILES string of the molecule is COc1ccccc1CC(=O)C1NCC2(NC(=O)[C@@H](N)CCSC)C3CCC(c4ccccc4)(c4ccccc43)C12. The highest BCUT2D eigenvalue weighted by atomic mass is 32.2. The number of nitrogens with two attached hydrogens (primary N) is 1. The van der Waals surface area contributed by atoms with E-state index in [-0.39, 0.29) is 29.9 Å². The van der Waals surface area contributed by atoms with E-state index in [9.17, 15) is 9.59 Å². The first-order chi connectivity index (χ1) is 20.0. The number of carbonyl (C=O) groups is 2. The summed E-state index contributed by atoms with van der Waals surface area (Å²) in [6, 6.07) is 25.9. The van der Waals surface area contributed by atoms with Crippen molar-refractivity contribution < 1.29 is 14.3 Å². The standard InChI is InChI=1S/C34H39N3O3S/c1-40-29-15-9-6-10-22(29)20-28(38)30-31-33(23-11-4-3-5-12-23)18-16-26(24-13-7-8-14-25(24)33)34(31,21-36-30)37-32(39)27(35)17-19-41-2/h3-15,26-27,30-31,36H,16-21,35H2,1-2H3,(H,37,39)/t26?,27-,30?,31?,33?,34?/m0/s1. The van der Waals surface area contributed by atoms with Gasteiger partial charge in [0.15, 0.2) is 5.78 Å². The minimum absolute atomic E-state index is 0.0857. The Balaban J connectivity index is 1.49. The molecule has 7 rings (SSSR count). The molecule has 2 bridgehead atoms. The quantitative estimate of drug-likeness (QED) is 0.339. The molecule has 5 unspecified atom stereocenters. The summed E-state index contributed by atoms with van der Waals surface area (Å²) in [6.45, 7) is 0.522. The molecule has 1 saturated carbocycles. The molecular formula is C34H39N3O3S. The molecular weight excluding hydrogens is 530 g/mol. The number of ketones is 1. The summed E-state index contributed by atoms with van der Waals surface area (Å²) in [5.41, 5.74) is 9.98. The van der Waals surface area contributed by atoms with Gasteiger partial charge in [-0.05, 0) is 54.0 Å². The highest BCUT2D eigenvalue weighted by Gasteiger charge is 2.69. The zero-order valence-electron chi connectivity index (χ0n) is 23.8. The molecule has 7 heteroatoms. The van der Waals surface area contributed by atoms with Crippen LogP contribution >= 0.6 is 11.8 Å². The Morgan fingerprint density at radius 1 is 1.07 bits per heavy atom. The molecule has 3 aromatic rings. The molecule has 1 heterocycles. The van der Waals surface area contributed by atoms with Crippen LogP contribution in [0.5, 0.6) is 5.75 Å². The third-order valence-corrected chi connectivity index (χ3v) is 10.5. The Morgan fingerprint density at radius 3 is 2.59 bits per heavy atom. The Bertz CT molecular complexity index is 1430. The third-order valence-electron chi connectivity index (χ3n) is 9.82. The van der Waals surface area contributed by atoms with Crippen LogP contribution in [0.4, 0.5) is 0 Å². The number of carbonyl (C=O) groups excluding carboxylic acids is 2. The van der Waals surface area contributed by atoms with Gasteiger partial charge in [0.2, 0.25) is 5.91 Å². The number of nitrogens with one attached hydrogen (secondary N) is 2. The van der Waals surface area contributed by atoms with E-state index in [1.807, 2.05) is 36.6 Å². The van der Waals surface area contributed by atoms with Crippen LogP contribution in [0.25, 0.3) is 0 Å². The second-order valence-corrected chi connectivity index (χ2v) is 12.7. The summed E-state index contributed by atoms with van der Waals surface area (Å²) >= 11 is 1.69. The molecule has 3 aliphatic carbocycles. The van der Waals surface area contributed by atoms with Crippen molar-refractivity contribution in [3.05, 3.63) is 101 Å². The zero-order valence-corrected chi connectivity index (χ0v) is 24.6. The first-order valence-electron chi connectivity index (χ1n) is 14.6. The van der Waals surface area contributed by atoms with Crippen LogP contribution in [0.2, 0.25) is 0 Å². The number of para-hydroxylation sites is 1.